The van der Waals surface area contributed by atoms with Crippen LogP contribution < -0.4 is 10.2 Å². The van der Waals surface area contributed by atoms with E-state index in [0.29, 0.717) is 15.6 Å². The van der Waals surface area contributed by atoms with Gasteiger partial charge in [0, 0.05) is 18.2 Å². The van der Waals surface area contributed by atoms with Gasteiger partial charge in [-0.2, -0.15) is 5.10 Å². The van der Waals surface area contributed by atoms with Crippen molar-refractivity contribution in [3.63, 3.8) is 0 Å². The van der Waals surface area contributed by atoms with Crippen molar-refractivity contribution in [2.75, 3.05) is 7.11 Å². The number of hydrazone groups is 1. The minimum absolute atomic E-state index is 0.0337. The van der Waals surface area contributed by atoms with E-state index in [9.17, 15) is 20.0 Å². The SMILES string of the molecule is COc1cc(/C=N\NC(=O)/C=C/c2cccc([N+](=O)[O-])c2)cc(Br)c1O. The van der Waals surface area contributed by atoms with Crippen molar-refractivity contribution in [1.82, 2.24) is 5.43 Å². The molecule has 134 valence electrons. The van der Waals surface area contributed by atoms with E-state index < -0.39 is 10.8 Å². The Hall–Kier alpha value is -3.20. The summed E-state index contributed by atoms with van der Waals surface area (Å²) in [6.07, 6.45) is 4.04. The highest BCUT2D eigenvalue weighted by Crippen LogP contribution is 2.34. The van der Waals surface area contributed by atoms with Gasteiger partial charge in [-0.1, -0.05) is 12.1 Å². The molecule has 0 radical (unpaired) electrons. The second kappa shape index (κ2) is 8.77. The number of methoxy groups -OCH3 is 1. The van der Waals surface area contributed by atoms with Crippen molar-refractivity contribution < 1.29 is 19.6 Å². The lowest BCUT2D eigenvalue weighted by Crippen LogP contribution is -2.14. The third-order valence-corrected chi connectivity index (χ3v) is 3.77. The first-order valence-corrected chi connectivity index (χ1v) is 8.02. The van der Waals surface area contributed by atoms with Crippen molar-refractivity contribution >= 4 is 39.8 Å². The van der Waals surface area contributed by atoms with E-state index in [1.807, 2.05) is 0 Å². The van der Waals surface area contributed by atoms with Crippen LogP contribution in [0.15, 0.2) is 52.0 Å². The topological polar surface area (TPSA) is 114 Å². The molecule has 26 heavy (non-hydrogen) atoms. The van der Waals surface area contributed by atoms with Crippen LogP contribution in [0.5, 0.6) is 11.5 Å². The van der Waals surface area contributed by atoms with E-state index in [1.54, 1.807) is 18.2 Å². The van der Waals surface area contributed by atoms with Gasteiger partial charge in [0.2, 0.25) is 0 Å². The number of ether oxygens (including phenoxy) is 1. The predicted molar refractivity (Wildman–Crippen MR) is 100 cm³/mol. The van der Waals surface area contributed by atoms with Crippen molar-refractivity contribution in [1.29, 1.82) is 0 Å². The predicted octanol–water partition coefficient (Wildman–Crippen LogP) is 3.24. The summed E-state index contributed by atoms with van der Waals surface area (Å²) in [7, 11) is 1.42. The van der Waals surface area contributed by atoms with Crippen LogP contribution >= 0.6 is 15.9 Å². The smallest absolute Gasteiger partial charge is 0.270 e. The molecule has 0 saturated carbocycles. The highest BCUT2D eigenvalue weighted by Gasteiger charge is 2.07. The zero-order valence-corrected chi connectivity index (χ0v) is 15.1. The Morgan fingerprint density at radius 2 is 2.12 bits per heavy atom. The minimum Gasteiger partial charge on any atom is -0.503 e. The highest BCUT2D eigenvalue weighted by atomic mass is 79.9. The van der Waals surface area contributed by atoms with Gasteiger partial charge in [0.15, 0.2) is 11.5 Å². The Morgan fingerprint density at radius 3 is 2.81 bits per heavy atom. The van der Waals surface area contributed by atoms with Gasteiger partial charge in [-0.15, -0.1) is 0 Å². The van der Waals surface area contributed by atoms with Crippen LogP contribution in [0.4, 0.5) is 5.69 Å². The number of nitrogens with one attached hydrogen (secondary N) is 1. The van der Waals surface area contributed by atoms with Gasteiger partial charge < -0.3 is 9.84 Å². The molecule has 0 fully saturated rings. The van der Waals surface area contributed by atoms with Gasteiger partial charge in [-0.3, -0.25) is 14.9 Å². The maximum absolute atomic E-state index is 11.8. The Morgan fingerprint density at radius 1 is 1.35 bits per heavy atom. The average Bonchev–Trinajstić information content (AvgIpc) is 2.63. The molecule has 0 aliphatic rings. The van der Waals surface area contributed by atoms with Crippen LogP contribution in [-0.2, 0) is 4.79 Å². The number of phenolic OH excluding ortho intramolecular Hbond substituents is 1. The van der Waals surface area contributed by atoms with Gasteiger partial charge >= 0.3 is 0 Å². The molecule has 2 rings (SSSR count). The van der Waals surface area contributed by atoms with E-state index in [-0.39, 0.29) is 17.2 Å². The summed E-state index contributed by atoms with van der Waals surface area (Å²) < 4.78 is 5.45. The van der Waals surface area contributed by atoms with Crippen molar-refractivity contribution in [2.45, 2.75) is 0 Å². The summed E-state index contributed by atoms with van der Waals surface area (Å²) in [5, 5.41) is 24.2. The number of carbonyl (C=O) groups excluding carboxylic acids is 1. The molecule has 0 atom stereocenters. The van der Waals surface area contributed by atoms with Crippen LogP contribution in [0, 0.1) is 10.1 Å². The molecule has 0 heterocycles. The van der Waals surface area contributed by atoms with Crippen molar-refractivity contribution in [3.8, 4) is 11.5 Å². The lowest BCUT2D eigenvalue weighted by atomic mass is 10.2. The molecule has 9 heteroatoms. The molecular weight excluding hydrogens is 406 g/mol. The number of phenols is 1. The third-order valence-electron chi connectivity index (χ3n) is 3.17. The first-order valence-electron chi connectivity index (χ1n) is 7.23. The molecule has 2 aromatic rings. The fraction of sp³-hybridized carbons (Fsp3) is 0.0588. The number of amides is 1. The molecule has 1 amide bonds. The van der Waals surface area contributed by atoms with E-state index in [0.717, 1.165) is 0 Å². The second-order valence-corrected chi connectivity index (χ2v) is 5.83. The fourth-order valence-corrected chi connectivity index (χ4v) is 2.41. The second-order valence-electron chi connectivity index (χ2n) is 4.97. The summed E-state index contributed by atoms with van der Waals surface area (Å²) in [5.74, 6) is -0.274. The minimum atomic E-state index is -0.508. The summed E-state index contributed by atoms with van der Waals surface area (Å²) in [5.41, 5.74) is 3.35. The number of halogens is 1. The van der Waals surface area contributed by atoms with E-state index >= 15 is 0 Å². The van der Waals surface area contributed by atoms with Crippen LogP contribution in [0.2, 0.25) is 0 Å². The molecule has 0 spiro atoms. The van der Waals surface area contributed by atoms with Crippen LogP contribution in [0.25, 0.3) is 6.08 Å². The Balaban J connectivity index is 2.00. The first-order chi connectivity index (χ1) is 12.4. The molecule has 0 aliphatic carbocycles. The van der Waals surface area contributed by atoms with Gasteiger partial charge in [-0.25, -0.2) is 5.43 Å². The maximum Gasteiger partial charge on any atom is 0.270 e. The van der Waals surface area contributed by atoms with Crippen LogP contribution in [-0.4, -0.2) is 29.3 Å². The number of benzene rings is 2. The molecule has 2 N–H and O–H groups in total. The molecule has 2 aromatic carbocycles. The fourth-order valence-electron chi connectivity index (χ4n) is 1.95. The summed E-state index contributed by atoms with van der Waals surface area (Å²) in [4.78, 5) is 22.0. The van der Waals surface area contributed by atoms with E-state index in [4.69, 9.17) is 4.74 Å². The number of nitro groups is 1. The van der Waals surface area contributed by atoms with E-state index in [2.05, 4.69) is 26.5 Å². The zero-order valence-electron chi connectivity index (χ0n) is 13.5. The number of nitro benzene ring substituents is 1. The number of hydrogen-bond acceptors (Lipinski definition) is 6. The Labute approximate surface area is 157 Å². The Kier molecular flexibility index (Phi) is 6.45. The molecular formula is C17H14BrN3O5. The quantitative estimate of drug-likeness (QED) is 0.322. The molecule has 0 bridgehead atoms. The highest BCUT2D eigenvalue weighted by molar-refractivity contribution is 9.10. The number of non-ortho nitro benzene ring substituents is 1. The Bertz CT molecular complexity index is 896. The van der Waals surface area contributed by atoms with Gasteiger partial charge in [0.1, 0.15) is 0 Å². The number of aromatic hydroxyl groups is 1. The van der Waals surface area contributed by atoms with Crippen LogP contribution in [0.1, 0.15) is 11.1 Å². The lowest BCUT2D eigenvalue weighted by molar-refractivity contribution is -0.384. The largest absolute Gasteiger partial charge is 0.503 e. The maximum atomic E-state index is 11.8. The molecule has 0 saturated heterocycles. The monoisotopic (exact) mass is 419 g/mol. The van der Waals surface area contributed by atoms with Gasteiger partial charge in [-0.05, 0) is 45.3 Å². The zero-order chi connectivity index (χ0) is 19.1. The third kappa shape index (κ3) is 5.15. The summed E-state index contributed by atoms with van der Waals surface area (Å²) >= 11 is 3.19. The standard InChI is InChI=1S/C17H14BrN3O5/c1-26-15-9-12(8-14(18)17(15)23)10-19-20-16(22)6-5-11-3-2-4-13(7-11)21(24)25/h2-10,23H,1H3,(H,20,22)/b6-5+,19-10-. The molecule has 0 unspecified atom stereocenters. The number of rotatable bonds is 6. The molecule has 0 aromatic heterocycles. The summed E-state index contributed by atoms with van der Waals surface area (Å²) in [6.45, 7) is 0. The van der Waals surface area contributed by atoms with Gasteiger partial charge in [0.25, 0.3) is 11.6 Å². The normalized spacial score (nSPS) is 11.0. The number of nitrogens with zero attached hydrogens (tertiary/aromatic N) is 2. The average molecular weight is 420 g/mol. The van der Waals surface area contributed by atoms with Crippen molar-refractivity contribution in [3.05, 3.63) is 68.2 Å². The van der Waals surface area contributed by atoms with Crippen molar-refractivity contribution in [2.24, 2.45) is 5.10 Å². The summed E-state index contributed by atoms with van der Waals surface area (Å²) in [6, 6.07) is 9.05. The van der Waals surface area contributed by atoms with Crippen LogP contribution in [0.3, 0.4) is 0 Å². The lowest BCUT2D eigenvalue weighted by Gasteiger charge is -2.06. The number of carbonyl (C=O) groups is 1. The van der Waals surface area contributed by atoms with E-state index in [1.165, 1.54) is 43.7 Å². The molecule has 0 aliphatic heterocycles. The molecule has 8 nitrogen and oxygen atoms in total. The first kappa shape index (κ1) is 19.1. The van der Waals surface area contributed by atoms with Gasteiger partial charge in [0.05, 0.1) is 22.7 Å². The number of hydrogen-bond donors (Lipinski definition) is 2.